The Morgan fingerprint density at radius 1 is 1.12 bits per heavy atom. The van der Waals surface area contributed by atoms with Gasteiger partial charge in [-0.25, -0.2) is 4.98 Å². The van der Waals surface area contributed by atoms with Crippen LogP contribution in [-0.4, -0.2) is 39.3 Å². The largest absolute Gasteiger partial charge is 0.377 e. The highest BCUT2D eigenvalue weighted by Gasteiger charge is 2.10. The average molecular weight is 374 g/mol. The molecule has 0 aliphatic carbocycles. The summed E-state index contributed by atoms with van der Waals surface area (Å²) >= 11 is 3.41. The van der Waals surface area contributed by atoms with Gasteiger partial charge in [-0.2, -0.15) is 16.4 Å². The number of rotatable bonds is 7. The molecule has 0 amide bonds. The van der Waals surface area contributed by atoms with Gasteiger partial charge in [0.1, 0.15) is 5.01 Å². The van der Waals surface area contributed by atoms with Crippen LogP contribution in [0.5, 0.6) is 0 Å². The van der Waals surface area contributed by atoms with Crippen LogP contribution in [0.15, 0.2) is 34.6 Å². The molecule has 0 spiro atoms. The van der Waals surface area contributed by atoms with E-state index in [0.29, 0.717) is 0 Å². The SMILES string of the molecule is c1cc(-c2nc(CNc3cnn(CCN4CCCCC4)c3)cs2)cs1. The molecule has 5 nitrogen and oxygen atoms in total. The van der Waals surface area contributed by atoms with Gasteiger partial charge < -0.3 is 10.2 Å². The molecular weight excluding hydrogens is 350 g/mol. The Kier molecular flexibility index (Phi) is 5.44. The van der Waals surface area contributed by atoms with Gasteiger partial charge in [0.25, 0.3) is 0 Å². The first-order chi connectivity index (χ1) is 12.4. The summed E-state index contributed by atoms with van der Waals surface area (Å²) in [6.07, 6.45) is 8.06. The molecule has 3 aromatic heterocycles. The van der Waals surface area contributed by atoms with Crippen molar-refractivity contribution in [3.05, 3.63) is 40.3 Å². The Balaban J connectivity index is 1.26. The van der Waals surface area contributed by atoms with Gasteiger partial charge in [0, 0.05) is 29.1 Å². The number of nitrogens with zero attached hydrogens (tertiary/aromatic N) is 4. The van der Waals surface area contributed by atoms with Crippen molar-refractivity contribution >= 4 is 28.4 Å². The molecule has 1 saturated heterocycles. The Bertz CT molecular complexity index is 771. The van der Waals surface area contributed by atoms with Crippen LogP contribution in [0.2, 0.25) is 0 Å². The first-order valence-corrected chi connectivity index (χ1v) is 10.6. The summed E-state index contributed by atoms with van der Waals surface area (Å²) in [6, 6.07) is 2.12. The highest BCUT2D eigenvalue weighted by Crippen LogP contribution is 2.25. The normalized spacial score (nSPS) is 15.5. The van der Waals surface area contributed by atoms with Crippen LogP contribution in [0.4, 0.5) is 5.69 Å². The molecule has 0 unspecified atom stereocenters. The van der Waals surface area contributed by atoms with E-state index in [4.69, 9.17) is 4.98 Å². The molecule has 1 aliphatic rings. The van der Waals surface area contributed by atoms with Crippen LogP contribution < -0.4 is 5.32 Å². The van der Waals surface area contributed by atoms with E-state index in [1.165, 1.54) is 37.9 Å². The molecule has 25 heavy (non-hydrogen) atoms. The van der Waals surface area contributed by atoms with E-state index < -0.39 is 0 Å². The monoisotopic (exact) mass is 373 g/mol. The second-order valence-electron chi connectivity index (χ2n) is 6.40. The summed E-state index contributed by atoms with van der Waals surface area (Å²) < 4.78 is 2.04. The number of piperidine rings is 1. The number of thiophene rings is 1. The first-order valence-electron chi connectivity index (χ1n) is 8.82. The minimum absolute atomic E-state index is 0.735. The van der Waals surface area contributed by atoms with Crippen molar-refractivity contribution in [1.82, 2.24) is 19.7 Å². The van der Waals surface area contributed by atoms with Crippen LogP contribution in [-0.2, 0) is 13.1 Å². The Hall–Kier alpha value is -1.70. The van der Waals surface area contributed by atoms with E-state index in [9.17, 15) is 0 Å². The summed E-state index contributed by atoms with van der Waals surface area (Å²) in [5.41, 5.74) is 3.35. The van der Waals surface area contributed by atoms with Crippen LogP contribution >= 0.6 is 22.7 Å². The topological polar surface area (TPSA) is 46.0 Å². The molecule has 1 fully saturated rings. The molecule has 0 atom stereocenters. The highest BCUT2D eigenvalue weighted by molar-refractivity contribution is 7.14. The lowest BCUT2D eigenvalue weighted by atomic mass is 10.1. The second kappa shape index (κ2) is 8.12. The number of hydrogen-bond acceptors (Lipinski definition) is 6. The number of hydrogen-bond donors (Lipinski definition) is 1. The van der Waals surface area contributed by atoms with Gasteiger partial charge >= 0.3 is 0 Å². The van der Waals surface area contributed by atoms with Gasteiger partial charge in [0.05, 0.1) is 30.7 Å². The van der Waals surface area contributed by atoms with Gasteiger partial charge in [-0.15, -0.1) is 11.3 Å². The molecular formula is C18H23N5S2. The van der Waals surface area contributed by atoms with Crippen LogP contribution in [0.3, 0.4) is 0 Å². The highest BCUT2D eigenvalue weighted by atomic mass is 32.1. The molecule has 0 radical (unpaired) electrons. The number of thiazole rings is 1. The fourth-order valence-electron chi connectivity index (χ4n) is 3.10. The fourth-order valence-corrected chi connectivity index (χ4v) is 4.64. The maximum atomic E-state index is 4.70. The molecule has 0 saturated carbocycles. The lowest BCUT2D eigenvalue weighted by Gasteiger charge is -2.26. The summed E-state index contributed by atoms with van der Waals surface area (Å²) in [7, 11) is 0. The second-order valence-corrected chi connectivity index (χ2v) is 8.04. The molecule has 0 aromatic carbocycles. The zero-order valence-corrected chi connectivity index (χ0v) is 15.9. The van der Waals surface area contributed by atoms with Crippen molar-refractivity contribution in [2.24, 2.45) is 0 Å². The van der Waals surface area contributed by atoms with Gasteiger partial charge in [-0.1, -0.05) is 6.42 Å². The van der Waals surface area contributed by atoms with E-state index in [-0.39, 0.29) is 0 Å². The van der Waals surface area contributed by atoms with Crippen LogP contribution in [0.1, 0.15) is 25.0 Å². The summed E-state index contributed by atoms with van der Waals surface area (Å²) in [5.74, 6) is 0. The minimum atomic E-state index is 0.735. The third-order valence-corrected chi connectivity index (χ3v) is 6.14. The van der Waals surface area contributed by atoms with Crippen molar-refractivity contribution < 1.29 is 0 Å². The summed E-state index contributed by atoms with van der Waals surface area (Å²) in [5, 5.41) is 15.3. The van der Waals surface area contributed by atoms with Crippen molar-refractivity contribution in [2.45, 2.75) is 32.4 Å². The van der Waals surface area contributed by atoms with E-state index in [0.717, 1.165) is 36.0 Å². The molecule has 3 aromatic rings. The van der Waals surface area contributed by atoms with E-state index in [2.05, 4.69) is 43.7 Å². The van der Waals surface area contributed by atoms with Crippen molar-refractivity contribution in [3.8, 4) is 10.6 Å². The zero-order valence-electron chi connectivity index (χ0n) is 14.2. The molecule has 1 aliphatic heterocycles. The predicted octanol–water partition coefficient (Wildman–Crippen LogP) is 4.17. The maximum Gasteiger partial charge on any atom is 0.124 e. The van der Waals surface area contributed by atoms with E-state index >= 15 is 0 Å². The zero-order chi connectivity index (χ0) is 16.9. The van der Waals surface area contributed by atoms with Gasteiger partial charge in [-0.05, 0) is 37.4 Å². The predicted molar refractivity (Wildman–Crippen MR) is 105 cm³/mol. The van der Waals surface area contributed by atoms with Gasteiger partial charge in [0.15, 0.2) is 0 Å². The molecule has 4 heterocycles. The molecule has 132 valence electrons. The maximum absolute atomic E-state index is 4.70. The van der Waals surface area contributed by atoms with E-state index in [1.807, 2.05) is 10.9 Å². The van der Waals surface area contributed by atoms with Gasteiger partial charge in [0.2, 0.25) is 0 Å². The van der Waals surface area contributed by atoms with Crippen LogP contribution in [0, 0.1) is 0 Å². The Morgan fingerprint density at radius 3 is 2.88 bits per heavy atom. The molecule has 0 bridgehead atoms. The molecule has 1 N–H and O–H groups in total. The Labute approximate surface area is 156 Å². The standard InChI is InChI=1S/C18H23N5S2/c1-2-5-22(6-3-1)7-8-23-12-16(11-20-23)19-10-17-14-25-18(21-17)15-4-9-24-13-15/h4,9,11-14,19H,1-3,5-8,10H2. The number of nitrogens with one attached hydrogen (secondary N) is 1. The molecule has 4 rings (SSSR count). The third kappa shape index (κ3) is 4.48. The summed E-state index contributed by atoms with van der Waals surface area (Å²) in [6.45, 7) is 5.27. The van der Waals surface area contributed by atoms with Gasteiger partial charge in [-0.3, -0.25) is 4.68 Å². The fraction of sp³-hybridized carbons (Fsp3) is 0.444. The van der Waals surface area contributed by atoms with Crippen molar-refractivity contribution in [2.75, 3.05) is 25.0 Å². The average Bonchev–Trinajstić information content (AvgIpc) is 3.40. The number of likely N-dealkylation sites (tertiary alicyclic amines) is 1. The summed E-state index contributed by atoms with van der Waals surface area (Å²) in [4.78, 5) is 7.24. The molecule has 7 heteroatoms. The minimum Gasteiger partial charge on any atom is -0.377 e. The van der Waals surface area contributed by atoms with E-state index in [1.54, 1.807) is 22.7 Å². The van der Waals surface area contributed by atoms with Crippen molar-refractivity contribution in [3.63, 3.8) is 0 Å². The lowest BCUT2D eigenvalue weighted by Crippen LogP contribution is -2.32. The lowest BCUT2D eigenvalue weighted by molar-refractivity contribution is 0.218. The number of anilines is 1. The quantitative estimate of drug-likeness (QED) is 0.675. The third-order valence-electron chi connectivity index (χ3n) is 4.52. The van der Waals surface area contributed by atoms with Crippen molar-refractivity contribution in [1.29, 1.82) is 0 Å². The van der Waals surface area contributed by atoms with Crippen LogP contribution in [0.25, 0.3) is 10.6 Å². The Morgan fingerprint density at radius 2 is 2.04 bits per heavy atom. The smallest absolute Gasteiger partial charge is 0.124 e. The first kappa shape index (κ1) is 16.8. The number of aromatic nitrogens is 3.